The van der Waals surface area contributed by atoms with Crippen LogP contribution in [-0.4, -0.2) is 40.3 Å². The van der Waals surface area contributed by atoms with E-state index in [0.717, 1.165) is 16.6 Å². The van der Waals surface area contributed by atoms with Crippen molar-refractivity contribution in [2.75, 3.05) is 0 Å². The molecule has 7 aromatic rings. The lowest BCUT2D eigenvalue weighted by atomic mass is 10.1. The SMILES string of the molecule is Cc1ccc2ncc(-c3nnc(-c4cccc(-c5nnc(-c6cnc7ccc(F)cc7n6)o5)c4)o3)nc2c1. The highest BCUT2D eigenvalue weighted by molar-refractivity contribution is 5.77. The van der Waals surface area contributed by atoms with Gasteiger partial charge in [0.05, 0.1) is 34.5 Å². The zero-order valence-corrected chi connectivity index (χ0v) is 19.7. The van der Waals surface area contributed by atoms with Crippen molar-refractivity contribution in [1.29, 1.82) is 0 Å². The van der Waals surface area contributed by atoms with Crippen LogP contribution in [0.5, 0.6) is 0 Å². The average Bonchev–Trinajstić information content (AvgIpc) is 3.63. The molecule has 4 aromatic heterocycles. The van der Waals surface area contributed by atoms with Gasteiger partial charge in [-0.1, -0.05) is 12.1 Å². The molecule has 11 heteroatoms. The maximum Gasteiger partial charge on any atom is 0.268 e. The molecule has 0 N–H and O–H groups in total. The lowest BCUT2D eigenvalue weighted by Crippen LogP contribution is -1.89. The predicted octanol–water partition coefficient (Wildman–Crippen LogP) is 5.45. The number of halogens is 1. The number of hydrogen-bond donors (Lipinski definition) is 0. The third-order valence-electron chi connectivity index (χ3n) is 5.85. The Morgan fingerprint density at radius 2 is 1.13 bits per heavy atom. The smallest absolute Gasteiger partial charge is 0.268 e. The van der Waals surface area contributed by atoms with Crippen molar-refractivity contribution in [3.8, 4) is 46.1 Å². The van der Waals surface area contributed by atoms with Crippen LogP contribution in [0, 0.1) is 12.7 Å². The third-order valence-corrected chi connectivity index (χ3v) is 5.85. The van der Waals surface area contributed by atoms with Crippen LogP contribution in [0.15, 0.2) is 81.9 Å². The van der Waals surface area contributed by atoms with Gasteiger partial charge in [-0.05, 0) is 55.0 Å². The van der Waals surface area contributed by atoms with E-state index in [9.17, 15) is 4.39 Å². The number of hydrogen-bond acceptors (Lipinski definition) is 10. The molecule has 0 atom stereocenters. The molecule has 0 aliphatic heterocycles. The fraction of sp³-hybridized carbons (Fsp3) is 0.0370. The Labute approximate surface area is 213 Å². The highest BCUT2D eigenvalue weighted by Crippen LogP contribution is 2.29. The number of rotatable bonds is 4. The van der Waals surface area contributed by atoms with E-state index in [1.807, 2.05) is 43.3 Å². The molecular weight excluding hydrogens is 487 g/mol. The standard InChI is InChI=1S/C27H15FN8O2/c1-14-5-7-18-20(9-14)31-22(12-29-18)26-35-33-24(37-26)15-3-2-4-16(10-15)25-34-36-27(38-25)23-13-30-19-8-6-17(28)11-21(19)32-23/h2-13H,1H3. The van der Waals surface area contributed by atoms with Crippen molar-refractivity contribution < 1.29 is 13.2 Å². The number of aromatic nitrogens is 8. The van der Waals surface area contributed by atoms with Gasteiger partial charge in [0.15, 0.2) is 0 Å². The highest BCUT2D eigenvalue weighted by Gasteiger charge is 2.17. The molecule has 0 amide bonds. The van der Waals surface area contributed by atoms with Crippen molar-refractivity contribution in [1.82, 2.24) is 40.3 Å². The first-order valence-corrected chi connectivity index (χ1v) is 11.5. The summed E-state index contributed by atoms with van der Waals surface area (Å²) in [5.74, 6) is 0.578. The molecule has 182 valence electrons. The van der Waals surface area contributed by atoms with E-state index in [-0.39, 0.29) is 17.7 Å². The molecule has 0 aliphatic carbocycles. The van der Waals surface area contributed by atoms with Gasteiger partial charge in [0.25, 0.3) is 11.8 Å². The zero-order valence-electron chi connectivity index (χ0n) is 19.7. The maximum absolute atomic E-state index is 13.6. The number of aryl methyl sites for hydroxylation is 1. The second-order valence-electron chi connectivity index (χ2n) is 8.54. The number of nitrogens with zero attached hydrogens (tertiary/aromatic N) is 8. The molecule has 0 spiro atoms. The van der Waals surface area contributed by atoms with Gasteiger partial charge in [0.2, 0.25) is 11.8 Å². The monoisotopic (exact) mass is 502 g/mol. The van der Waals surface area contributed by atoms with E-state index in [1.165, 1.54) is 18.3 Å². The van der Waals surface area contributed by atoms with Gasteiger partial charge < -0.3 is 8.83 Å². The van der Waals surface area contributed by atoms with Crippen LogP contribution in [0.2, 0.25) is 0 Å². The first-order valence-electron chi connectivity index (χ1n) is 11.5. The van der Waals surface area contributed by atoms with Gasteiger partial charge in [0, 0.05) is 17.2 Å². The van der Waals surface area contributed by atoms with Gasteiger partial charge in [-0.15, -0.1) is 20.4 Å². The fourth-order valence-electron chi connectivity index (χ4n) is 3.98. The summed E-state index contributed by atoms with van der Waals surface area (Å²) in [4.78, 5) is 17.7. The van der Waals surface area contributed by atoms with E-state index in [1.54, 1.807) is 18.3 Å². The van der Waals surface area contributed by atoms with Crippen molar-refractivity contribution in [2.24, 2.45) is 0 Å². The predicted molar refractivity (Wildman–Crippen MR) is 135 cm³/mol. The molecule has 38 heavy (non-hydrogen) atoms. The quantitative estimate of drug-likeness (QED) is 0.306. The Kier molecular flexibility index (Phi) is 4.93. The Bertz CT molecular complexity index is 1850. The van der Waals surface area contributed by atoms with E-state index in [0.29, 0.717) is 39.4 Å². The molecule has 10 nitrogen and oxygen atoms in total. The van der Waals surface area contributed by atoms with E-state index < -0.39 is 5.82 Å². The molecule has 0 aliphatic rings. The van der Waals surface area contributed by atoms with E-state index in [2.05, 4.69) is 40.3 Å². The minimum Gasteiger partial charge on any atom is -0.415 e. The highest BCUT2D eigenvalue weighted by atomic mass is 19.1. The van der Waals surface area contributed by atoms with Gasteiger partial charge in [-0.2, -0.15) is 0 Å². The summed E-state index contributed by atoms with van der Waals surface area (Å²) >= 11 is 0. The van der Waals surface area contributed by atoms with Gasteiger partial charge in [0.1, 0.15) is 17.2 Å². The molecule has 0 bridgehead atoms. The van der Waals surface area contributed by atoms with Crippen LogP contribution >= 0.6 is 0 Å². The Morgan fingerprint density at radius 3 is 1.76 bits per heavy atom. The summed E-state index contributed by atoms with van der Waals surface area (Å²) < 4.78 is 25.4. The molecule has 3 aromatic carbocycles. The molecule has 0 radical (unpaired) electrons. The van der Waals surface area contributed by atoms with E-state index >= 15 is 0 Å². The minimum absolute atomic E-state index is 0.161. The lowest BCUT2D eigenvalue weighted by molar-refractivity contribution is 0.580. The molecule has 0 unspecified atom stereocenters. The van der Waals surface area contributed by atoms with Gasteiger partial charge >= 0.3 is 0 Å². The van der Waals surface area contributed by atoms with Crippen molar-refractivity contribution in [3.63, 3.8) is 0 Å². The van der Waals surface area contributed by atoms with Crippen LogP contribution in [0.25, 0.3) is 68.1 Å². The van der Waals surface area contributed by atoms with Crippen molar-refractivity contribution in [2.45, 2.75) is 6.92 Å². The Hall–Kier alpha value is -5.45. The Morgan fingerprint density at radius 1 is 0.579 bits per heavy atom. The summed E-state index contributed by atoms with van der Waals surface area (Å²) in [5, 5.41) is 16.6. The van der Waals surface area contributed by atoms with Crippen molar-refractivity contribution in [3.05, 3.63) is 84.4 Å². The molecule has 0 saturated carbocycles. The topological polar surface area (TPSA) is 129 Å². The fourth-order valence-corrected chi connectivity index (χ4v) is 3.98. The van der Waals surface area contributed by atoms with E-state index in [4.69, 9.17) is 8.83 Å². The minimum atomic E-state index is -0.404. The van der Waals surface area contributed by atoms with Gasteiger partial charge in [-0.25, -0.2) is 14.4 Å². The largest absolute Gasteiger partial charge is 0.415 e. The maximum atomic E-state index is 13.6. The summed E-state index contributed by atoms with van der Waals surface area (Å²) in [6.07, 6.45) is 3.11. The summed E-state index contributed by atoms with van der Waals surface area (Å²) in [6, 6.07) is 17.3. The van der Waals surface area contributed by atoms with Crippen LogP contribution in [0.4, 0.5) is 4.39 Å². The summed E-state index contributed by atoms with van der Waals surface area (Å²) in [7, 11) is 0. The lowest BCUT2D eigenvalue weighted by Gasteiger charge is -2.00. The first-order chi connectivity index (χ1) is 18.6. The van der Waals surface area contributed by atoms with Crippen molar-refractivity contribution >= 4 is 22.1 Å². The molecule has 7 rings (SSSR count). The third kappa shape index (κ3) is 3.91. The zero-order chi connectivity index (χ0) is 25.6. The van der Waals surface area contributed by atoms with Crippen LogP contribution in [0.3, 0.4) is 0 Å². The summed E-state index contributed by atoms with van der Waals surface area (Å²) in [5.41, 5.74) is 5.69. The number of fused-ring (bicyclic) bond motifs is 2. The number of benzene rings is 3. The second kappa shape index (κ2) is 8.59. The summed E-state index contributed by atoms with van der Waals surface area (Å²) in [6.45, 7) is 1.99. The van der Waals surface area contributed by atoms with Gasteiger partial charge in [-0.3, -0.25) is 9.97 Å². The first kappa shape index (κ1) is 21.8. The molecule has 0 fully saturated rings. The molecule has 0 saturated heterocycles. The normalized spacial score (nSPS) is 11.4. The molecule has 4 heterocycles. The van der Waals surface area contributed by atoms with Crippen LogP contribution < -0.4 is 0 Å². The second-order valence-corrected chi connectivity index (χ2v) is 8.54. The molecular formula is C27H15FN8O2. The average molecular weight is 502 g/mol. The Balaban J connectivity index is 1.19. The van der Waals surface area contributed by atoms with Crippen LogP contribution in [-0.2, 0) is 0 Å². The van der Waals surface area contributed by atoms with Crippen LogP contribution in [0.1, 0.15) is 5.56 Å².